The zero-order chi connectivity index (χ0) is 18.2. The summed E-state index contributed by atoms with van der Waals surface area (Å²) >= 11 is 9.66. The van der Waals surface area contributed by atoms with E-state index in [1.165, 1.54) is 6.20 Å². The van der Waals surface area contributed by atoms with Crippen LogP contribution in [0.5, 0.6) is 0 Å². The predicted molar refractivity (Wildman–Crippen MR) is 95.9 cm³/mol. The van der Waals surface area contributed by atoms with Crippen LogP contribution in [0.4, 0.5) is 15.4 Å². The zero-order valence-corrected chi connectivity index (χ0v) is 15.9. The summed E-state index contributed by atoms with van der Waals surface area (Å²) in [5, 5.41) is 10.8. The van der Waals surface area contributed by atoms with Gasteiger partial charge in [-0.2, -0.15) is 4.90 Å². The molecule has 1 N–H and O–H groups in total. The maximum atomic E-state index is 12.3. The Kier molecular flexibility index (Phi) is 5.05. The number of nitrogens with zero attached hydrogens (tertiary/aromatic N) is 2. The highest BCUT2D eigenvalue weighted by Crippen LogP contribution is 2.36. The van der Waals surface area contributed by atoms with Crippen molar-refractivity contribution >= 4 is 56.3 Å². The van der Waals surface area contributed by atoms with E-state index in [2.05, 4.69) is 20.9 Å². The number of carbonyl (C=O) groups excluding carboxylic acids is 1. The quantitative estimate of drug-likeness (QED) is 0.676. The molecule has 0 unspecified atom stereocenters. The normalized spacial score (nSPS) is 11.4. The molecule has 0 spiro atoms. The number of carbonyl (C=O) groups is 2. The molecule has 0 atom stereocenters. The fraction of sp³-hybridized carbons (Fsp3) is 0.312. The summed E-state index contributed by atoms with van der Waals surface area (Å²) in [6.07, 6.45) is -1.12. The highest BCUT2D eigenvalue weighted by molar-refractivity contribution is 9.10. The minimum Gasteiger partial charge on any atom is -0.464 e. The number of halogens is 2. The smallest absolute Gasteiger partial charge is 0.425 e. The monoisotopic (exact) mass is 414 g/mol. The van der Waals surface area contributed by atoms with Crippen LogP contribution in [0, 0.1) is 6.92 Å². The van der Waals surface area contributed by atoms with Crippen molar-refractivity contribution < 1.29 is 19.4 Å². The molecule has 0 fully saturated rings. The van der Waals surface area contributed by atoms with Gasteiger partial charge in [-0.1, -0.05) is 17.7 Å². The Bertz CT molecular complexity index is 833. The summed E-state index contributed by atoms with van der Waals surface area (Å²) in [5.41, 5.74) is 0.0422. The lowest BCUT2D eigenvalue weighted by atomic mass is 10.1. The van der Waals surface area contributed by atoms with E-state index < -0.39 is 17.8 Å². The molecule has 1 aromatic heterocycles. The van der Waals surface area contributed by atoms with Crippen LogP contribution in [-0.2, 0) is 4.74 Å². The molecule has 0 bridgehead atoms. The van der Waals surface area contributed by atoms with Gasteiger partial charge in [0.2, 0.25) is 0 Å². The number of pyridine rings is 1. The minimum absolute atomic E-state index is 0.0973. The first kappa shape index (κ1) is 18.5. The van der Waals surface area contributed by atoms with Gasteiger partial charge in [0.1, 0.15) is 5.60 Å². The molecular formula is C16H16BrClN2O4. The minimum atomic E-state index is -1.50. The lowest BCUT2D eigenvalue weighted by Gasteiger charge is -2.24. The topological polar surface area (TPSA) is 79.7 Å². The summed E-state index contributed by atoms with van der Waals surface area (Å²) in [4.78, 5) is 28.5. The standard InChI is InChI=1S/C16H16BrClN2O4/c1-8-5-9-10(17)7-19-13(12(9)11(18)6-8)20(14(21)22)15(23)24-16(2,3)4/h5-7H,1-4H3,(H,21,22). The number of imide groups is 1. The van der Waals surface area contributed by atoms with E-state index in [-0.39, 0.29) is 5.82 Å². The molecule has 0 radical (unpaired) electrons. The Morgan fingerprint density at radius 1 is 1.33 bits per heavy atom. The zero-order valence-electron chi connectivity index (χ0n) is 13.6. The molecule has 6 nitrogen and oxygen atoms in total. The number of hydrogen-bond donors (Lipinski definition) is 1. The van der Waals surface area contributed by atoms with Gasteiger partial charge in [0.05, 0.1) is 5.02 Å². The van der Waals surface area contributed by atoms with E-state index >= 15 is 0 Å². The van der Waals surface area contributed by atoms with Gasteiger partial charge in [-0.3, -0.25) is 0 Å². The van der Waals surface area contributed by atoms with Crippen LogP contribution in [0.15, 0.2) is 22.8 Å². The number of aryl methyl sites for hydroxylation is 1. The molecule has 0 saturated carbocycles. The number of ether oxygens (including phenoxy) is 1. The van der Waals surface area contributed by atoms with E-state index in [1.807, 2.05) is 13.0 Å². The van der Waals surface area contributed by atoms with Crippen molar-refractivity contribution in [2.45, 2.75) is 33.3 Å². The van der Waals surface area contributed by atoms with Gasteiger partial charge in [0.25, 0.3) is 0 Å². The second kappa shape index (κ2) is 6.57. The van der Waals surface area contributed by atoms with Crippen LogP contribution < -0.4 is 4.90 Å². The van der Waals surface area contributed by atoms with Gasteiger partial charge in [-0.15, -0.1) is 0 Å². The molecule has 8 heteroatoms. The molecule has 0 saturated heterocycles. The fourth-order valence-corrected chi connectivity index (χ4v) is 2.92. The number of aromatic nitrogens is 1. The van der Waals surface area contributed by atoms with Crippen molar-refractivity contribution in [2.24, 2.45) is 0 Å². The fourth-order valence-electron chi connectivity index (χ4n) is 2.14. The van der Waals surface area contributed by atoms with Crippen molar-refractivity contribution in [2.75, 3.05) is 4.90 Å². The van der Waals surface area contributed by atoms with E-state index in [1.54, 1.807) is 26.8 Å². The number of hydrogen-bond acceptors (Lipinski definition) is 4. The third-order valence-electron chi connectivity index (χ3n) is 2.99. The molecule has 0 aliphatic heterocycles. The van der Waals surface area contributed by atoms with E-state index in [9.17, 15) is 14.7 Å². The highest BCUT2D eigenvalue weighted by Gasteiger charge is 2.31. The average Bonchev–Trinajstić information content (AvgIpc) is 2.39. The summed E-state index contributed by atoms with van der Waals surface area (Å²) in [7, 11) is 0. The van der Waals surface area contributed by atoms with Crippen LogP contribution in [0.1, 0.15) is 26.3 Å². The van der Waals surface area contributed by atoms with Crippen LogP contribution in [0.3, 0.4) is 0 Å². The van der Waals surface area contributed by atoms with E-state index in [0.717, 1.165) is 5.56 Å². The number of amides is 2. The summed E-state index contributed by atoms with van der Waals surface area (Å²) in [5.74, 6) is -0.0973. The van der Waals surface area contributed by atoms with Crippen molar-refractivity contribution in [3.63, 3.8) is 0 Å². The summed E-state index contributed by atoms with van der Waals surface area (Å²) < 4.78 is 5.81. The maximum absolute atomic E-state index is 12.3. The van der Waals surface area contributed by atoms with Crippen LogP contribution in [0.25, 0.3) is 10.8 Å². The molecule has 1 aromatic carbocycles. The lowest BCUT2D eigenvalue weighted by molar-refractivity contribution is 0.0581. The maximum Gasteiger partial charge on any atom is 0.425 e. The lowest BCUT2D eigenvalue weighted by Crippen LogP contribution is -2.40. The van der Waals surface area contributed by atoms with Crippen molar-refractivity contribution in [1.29, 1.82) is 0 Å². The predicted octanol–water partition coefficient (Wildman–Crippen LogP) is 5.38. The number of anilines is 1. The Morgan fingerprint density at radius 3 is 2.50 bits per heavy atom. The molecule has 0 aliphatic carbocycles. The van der Waals surface area contributed by atoms with Crippen molar-refractivity contribution in [3.8, 4) is 0 Å². The SMILES string of the molecule is Cc1cc(Cl)c2c(N(C(=O)O)C(=O)OC(C)(C)C)ncc(Br)c2c1. The summed E-state index contributed by atoms with van der Waals surface area (Å²) in [6, 6.07) is 3.50. The van der Waals surface area contributed by atoms with Crippen LogP contribution in [-0.4, -0.2) is 27.9 Å². The van der Waals surface area contributed by atoms with E-state index in [0.29, 0.717) is 25.2 Å². The third-order valence-corrected chi connectivity index (χ3v) is 3.92. The van der Waals surface area contributed by atoms with Gasteiger partial charge in [0.15, 0.2) is 5.82 Å². The van der Waals surface area contributed by atoms with Crippen molar-refractivity contribution in [3.05, 3.63) is 33.4 Å². The van der Waals surface area contributed by atoms with E-state index in [4.69, 9.17) is 16.3 Å². The number of rotatable bonds is 1. The number of fused-ring (bicyclic) bond motifs is 1. The second-order valence-corrected chi connectivity index (χ2v) is 7.46. The Labute approximate surface area is 152 Å². The first-order valence-electron chi connectivity index (χ1n) is 7.01. The van der Waals surface area contributed by atoms with Crippen molar-refractivity contribution in [1.82, 2.24) is 4.98 Å². The molecule has 2 amide bonds. The van der Waals surface area contributed by atoms with Gasteiger partial charge in [-0.25, -0.2) is 14.6 Å². The molecule has 1 heterocycles. The molecule has 2 rings (SSSR count). The molecule has 2 aromatic rings. The van der Waals surface area contributed by atoms with Gasteiger partial charge >= 0.3 is 12.2 Å². The Morgan fingerprint density at radius 2 is 1.96 bits per heavy atom. The average molecular weight is 416 g/mol. The van der Waals surface area contributed by atoms with Crippen LogP contribution >= 0.6 is 27.5 Å². The first-order valence-corrected chi connectivity index (χ1v) is 8.19. The van der Waals surface area contributed by atoms with Gasteiger partial charge < -0.3 is 9.84 Å². The van der Waals surface area contributed by atoms with Crippen LogP contribution in [0.2, 0.25) is 5.02 Å². The third kappa shape index (κ3) is 3.79. The Balaban J connectivity index is 2.70. The summed E-state index contributed by atoms with van der Waals surface area (Å²) in [6.45, 7) is 6.80. The number of carboxylic acid groups (broad SMARTS) is 1. The second-order valence-electron chi connectivity index (χ2n) is 6.20. The van der Waals surface area contributed by atoms with Gasteiger partial charge in [-0.05, 0) is 55.3 Å². The molecular weight excluding hydrogens is 400 g/mol. The number of benzene rings is 1. The molecule has 128 valence electrons. The Hall–Kier alpha value is -1.86. The van der Waals surface area contributed by atoms with Gasteiger partial charge in [0, 0.05) is 21.4 Å². The molecule has 24 heavy (non-hydrogen) atoms. The molecule has 0 aliphatic rings. The first-order chi connectivity index (χ1) is 11.0. The largest absolute Gasteiger partial charge is 0.464 e. The highest BCUT2D eigenvalue weighted by atomic mass is 79.9.